The molecule has 0 saturated carbocycles. The standard InChI is InChI=1S/C18H19FN2O/c1-21(2)16-7-5-6-14(12-16)15(13-20)10-11-22-18-9-4-3-8-17(18)19/h3-9,12,15H,10-11H2,1-2H3. The molecule has 4 heteroatoms. The van der Waals surface area contributed by atoms with Crippen molar-refractivity contribution in [3.8, 4) is 11.8 Å². The highest BCUT2D eigenvalue weighted by molar-refractivity contribution is 5.48. The smallest absolute Gasteiger partial charge is 0.165 e. The van der Waals surface area contributed by atoms with Crippen molar-refractivity contribution in [3.63, 3.8) is 0 Å². The number of ether oxygens (including phenoxy) is 1. The van der Waals surface area contributed by atoms with Crippen molar-refractivity contribution >= 4 is 5.69 Å². The molecule has 0 aliphatic heterocycles. The molecule has 0 heterocycles. The zero-order valence-corrected chi connectivity index (χ0v) is 12.8. The largest absolute Gasteiger partial charge is 0.490 e. The summed E-state index contributed by atoms with van der Waals surface area (Å²) >= 11 is 0. The van der Waals surface area contributed by atoms with Crippen molar-refractivity contribution in [1.82, 2.24) is 0 Å². The Morgan fingerprint density at radius 2 is 1.95 bits per heavy atom. The number of nitrogens with zero attached hydrogens (tertiary/aromatic N) is 2. The van der Waals surface area contributed by atoms with Crippen LogP contribution in [0.2, 0.25) is 0 Å². The quantitative estimate of drug-likeness (QED) is 0.809. The third kappa shape index (κ3) is 3.98. The van der Waals surface area contributed by atoms with Gasteiger partial charge in [0.05, 0.1) is 18.6 Å². The summed E-state index contributed by atoms with van der Waals surface area (Å²) < 4.78 is 18.9. The molecule has 0 spiro atoms. The van der Waals surface area contributed by atoms with E-state index in [4.69, 9.17) is 4.74 Å². The van der Waals surface area contributed by atoms with Gasteiger partial charge in [0.1, 0.15) is 0 Å². The second kappa shape index (κ2) is 7.46. The maximum atomic E-state index is 13.5. The van der Waals surface area contributed by atoms with Crippen molar-refractivity contribution in [2.24, 2.45) is 0 Å². The fourth-order valence-electron chi connectivity index (χ4n) is 2.17. The molecule has 0 amide bonds. The van der Waals surface area contributed by atoms with E-state index in [2.05, 4.69) is 6.07 Å². The van der Waals surface area contributed by atoms with Crippen molar-refractivity contribution in [3.05, 3.63) is 59.9 Å². The van der Waals surface area contributed by atoms with Crippen LogP contribution in [0.15, 0.2) is 48.5 Å². The van der Waals surface area contributed by atoms with Gasteiger partial charge in [0, 0.05) is 26.2 Å². The topological polar surface area (TPSA) is 36.3 Å². The first-order valence-corrected chi connectivity index (χ1v) is 7.16. The molecule has 0 bridgehead atoms. The summed E-state index contributed by atoms with van der Waals surface area (Å²) in [5.41, 5.74) is 2.00. The van der Waals surface area contributed by atoms with E-state index in [0.717, 1.165) is 11.3 Å². The first-order valence-electron chi connectivity index (χ1n) is 7.16. The molecule has 3 nitrogen and oxygen atoms in total. The zero-order valence-electron chi connectivity index (χ0n) is 12.8. The molecule has 0 aromatic heterocycles. The second-order valence-electron chi connectivity index (χ2n) is 5.24. The van der Waals surface area contributed by atoms with E-state index in [1.54, 1.807) is 18.2 Å². The lowest BCUT2D eigenvalue weighted by Gasteiger charge is -2.16. The summed E-state index contributed by atoms with van der Waals surface area (Å²) in [6.45, 7) is 0.297. The van der Waals surface area contributed by atoms with Gasteiger partial charge >= 0.3 is 0 Å². The van der Waals surface area contributed by atoms with Crippen molar-refractivity contribution in [2.75, 3.05) is 25.6 Å². The second-order valence-corrected chi connectivity index (χ2v) is 5.24. The number of rotatable bonds is 6. The third-order valence-electron chi connectivity index (χ3n) is 3.45. The van der Waals surface area contributed by atoms with Crippen molar-refractivity contribution in [2.45, 2.75) is 12.3 Å². The van der Waals surface area contributed by atoms with Crippen LogP contribution < -0.4 is 9.64 Å². The van der Waals surface area contributed by atoms with Gasteiger partial charge in [0.2, 0.25) is 0 Å². The molecule has 0 fully saturated rings. The van der Waals surface area contributed by atoms with Gasteiger partial charge in [-0.05, 0) is 29.8 Å². The van der Waals surface area contributed by atoms with Crippen LogP contribution in [-0.4, -0.2) is 20.7 Å². The van der Waals surface area contributed by atoms with Crippen LogP contribution in [-0.2, 0) is 0 Å². The maximum absolute atomic E-state index is 13.5. The van der Waals surface area contributed by atoms with E-state index in [-0.39, 0.29) is 17.5 Å². The van der Waals surface area contributed by atoms with Crippen molar-refractivity contribution < 1.29 is 9.13 Å². The van der Waals surface area contributed by atoms with Gasteiger partial charge in [0.25, 0.3) is 0 Å². The Hall–Kier alpha value is -2.54. The van der Waals surface area contributed by atoms with Crippen LogP contribution in [0.5, 0.6) is 5.75 Å². The average Bonchev–Trinajstić information content (AvgIpc) is 2.53. The molecule has 0 aliphatic carbocycles. The summed E-state index contributed by atoms with van der Waals surface area (Å²) in [4.78, 5) is 1.99. The van der Waals surface area contributed by atoms with Gasteiger partial charge in [-0.15, -0.1) is 0 Å². The molecule has 22 heavy (non-hydrogen) atoms. The number of nitriles is 1. The third-order valence-corrected chi connectivity index (χ3v) is 3.45. The Morgan fingerprint density at radius 1 is 1.18 bits per heavy atom. The number of anilines is 1. The first kappa shape index (κ1) is 15.8. The van der Waals surface area contributed by atoms with E-state index in [1.165, 1.54) is 6.07 Å². The molecule has 114 valence electrons. The van der Waals surface area contributed by atoms with Gasteiger partial charge in [-0.25, -0.2) is 4.39 Å². The van der Waals surface area contributed by atoms with Gasteiger partial charge in [-0.3, -0.25) is 0 Å². The number of benzene rings is 2. The Kier molecular flexibility index (Phi) is 5.37. The molecular formula is C18H19FN2O. The number of hydrogen-bond donors (Lipinski definition) is 0. The summed E-state index contributed by atoms with van der Waals surface area (Å²) in [5, 5.41) is 9.37. The molecule has 0 saturated heterocycles. The lowest BCUT2D eigenvalue weighted by atomic mass is 9.97. The number of para-hydroxylation sites is 1. The zero-order chi connectivity index (χ0) is 15.9. The number of hydrogen-bond acceptors (Lipinski definition) is 3. The molecule has 2 rings (SSSR count). The highest BCUT2D eigenvalue weighted by Gasteiger charge is 2.12. The Labute approximate surface area is 130 Å². The summed E-state index contributed by atoms with van der Waals surface area (Å²) in [6, 6.07) is 16.4. The Balaban J connectivity index is 2.00. The van der Waals surface area contributed by atoms with E-state index in [0.29, 0.717) is 13.0 Å². The SMILES string of the molecule is CN(C)c1cccc(C(C#N)CCOc2ccccc2F)c1. The lowest BCUT2D eigenvalue weighted by molar-refractivity contribution is 0.291. The van der Waals surface area contributed by atoms with Gasteiger partial charge in [-0.1, -0.05) is 24.3 Å². The summed E-state index contributed by atoms with van der Waals surface area (Å²) in [6.07, 6.45) is 0.516. The number of halogens is 1. The minimum Gasteiger partial charge on any atom is -0.490 e. The van der Waals surface area contributed by atoms with E-state index < -0.39 is 0 Å². The minimum atomic E-state index is -0.384. The fraction of sp³-hybridized carbons (Fsp3) is 0.278. The highest BCUT2D eigenvalue weighted by Crippen LogP contribution is 2.24. The minimum absolute atomic E-state index is 0.223. The van der Waals surface area contributed by atoms with Gasteiger partial charge in [-0.2, -0.15) is 5.26 Å². The van der Waals surface area contributed by atoms with E-state index >= 15 is 0 Å². The monoisotopic (exact) mass is 298 g/mol. The predicted octanol–water partition coefficient (Wildman–Crippen LogP) is 3.97. The summed E-state index contributed by atoms with van der Waals surface area (Å²) in [7, 11) is 3.92. The van der Waals surface area contributed by atoms with Gasteiger partial charge < -0.3 is 9.64 Å². The first-order chi connectivity index (χ1) is 10.6. The molecule has 0 N–H and O–H groups in total. The van der Waals surface area contributed by atoms with Gasteiger partial charge in [0.15, 0.2) is 11.6 Å². The molecule has 1 unspecified atom stereocenters. The molecule has 2 aromatic rings. The van der Waals surface area contributed by atoms with E-state index in [1.807, 2.05) is 43.3 Å². The molecular weight excluding hydrogens is 279 g/mol. The molecule has 2 aromatic carbocycles. The van der Waals surface area contributed by atoms with Crippen LogP contribution in [0.1, 0.15) is 17.9 Å². The van der Waals surface area contributed by atoms with Crippen LogP contribution in [0, 0.1) is 17.1 Å². The molecule has 0 aliphatic rings. The average molecular weight is 298 g/mol. The van der Waals surface area contributed by atoms with Crippen LogP contribution in [0.3, 0.4) is 0 Å². The maximum Gasteiger partial charge on any atom is 0.165 e. The highest BCUT2D eigenvalue weighted by atomic mass is 19.1. The van der Waals surface area contributed by atoms with Crippen LogP contribution >= 0.6 is 0 Å². The van der Waals surface area contributed by atoms with E-state index in [9.17, 15) is 9.65 Å². The van der Waals surface area contributed by atoms with Crippen LogP contribution in [0.4, 0.5) is 10.1 Å². The lowest BCUT2D eigenvalue weighted by Crippen LogP contribution is -2.10. The van der Waals surface area contributed by atoms with Crippen molar-refractivity contribution in [1.29, 1.82) is 5.26 Å². The fourth-order valence-corrected chi connectivity index (χ4v) is 2.17. The molecule has 1 atom stereocenters. The predicted molar refractivity (Wildman–Crippen MR) is 85.6 cm³/mol. The molecule has 0 radical (unpaired) electrons. The Bertz CT molecular complexity index is 664. The normalized spacial score (nSPS) is 11.5. The summed E-state index contributed by atoms with van der Waals surface area (Å²) in [5.74, 6) is -0.432. The van der Waals surface area contributed by atoms with Crippen LogP contribution in [0.25, 0.3) is 0 Å². The Morgan fingerprint density at radius 3 is 2.64 bits per heavy atom.